The molecule has 5 aliphatic rings. The minimum absolute atomic E-state index is 0.00665. The maximum Gasteiger partial charge on any atom is 0.0518 e. The van der Waals surface area contributed by atoms with Gasteiger partial charge < -0.3 is 14.7 Å². The van der Waals surface area contributed by atoms with Crippen LogP contribution in [0.25, 0.3) is 0 Å². The highest BCUT2D eigenvalue weighted by molar-refractivity contribution is 5.99. The van der Waals surface area contributed by atoms with Gasteiger partial charge in [-0.05, 0) is 92.3 Å². The Morgan fingerprint density at radius 2 is 1.10 bits per heavy atom. The molecule has 4 heterocycles. The van der Waals surface area contributed by atoms with E-state index in [1.54, 1.807) is 5.56 Å². The molecule has 0 saturated heterocycles. The summed E-state index contributed by atoms with van der Waals surface area (Å²) in [6.45, 7) is 15.0. The third-order valence-electron chi connectivity index (χ3n) is 14.0. The van der Waals surface area contributed by atoms with Crippen LogP contribution in [0.15, 0.2) is 109 Å². The van der Waals surface area contributed by atoms with Gasteiger partial charge in [-0.15, -0.1) is 0 Å². The summed E-state index contributed by atoms with van der Waals surface area (Å²) in [4.78, 5) is 8.08. The molecular formula is C45H45N3. The van der Waals surface area contributed by atoms with Crippen molar-refractivity contribution in [1.29, 1.82) is 0 Å². The van der Waals surface area contributed by atoms with Crippen LogP contribution in [0.4, 0.5) is 39.8 Å². The quantitative estimate of drug-likeness (QED) is 0.197. The van der Waals surface area contributed by atoms with Gasteiger partial charge in [0.1, 0.15) is 0 Å². The van der Waals surface area contributed by atoms with Crippen molar-refractivity contribution in [3.63, 3.8) is 0 Å². The first kappa shape index (κ1) is 28.5. The van der Waals surface area contributed by atoms with Gasteiger partial charge in [-0.3, -0.25) is 0 Å². The average molecular weight is 628 g/mol. The lowest BCUT2D eigenvalue weighted by Crippen LogP contribution is -2.55. The summed E-state index contributed by atoms with van der Waals surface area (Å²) < 4.78 is 0. The Kier molecular flexibility index (Phi) is 5.43. The summed E-state index contributed by atoms with van der Waals surface area (Å²) in [5, 5.41) is 0. The molecule has 3 heteroatoms. The molecule has 1 aliphatic carbocycles. The second kappa shape index (κ2) is 9.14. The molecule has 1 saturated carbocycles. The van der Waals surface area contributed by atoms with Crippen LogP contribution in [0.3, 0.4) is 0 Å². The second-order valence-electron chi connectivity index (χ2n) is 16.5. The van der Waals surface area contributed by atoms with E-state index in [0.29, 0.717) is 0 Å². The Balaban J connectivity index is 1.35. The molecule has 3 nitrogen and oxygen atoms in total. The van der Waals surface area contributed by atoms with Crippen molar-refractivity contribution in [3.05, 3.63) is 137 Å². The van der Waals surface area contributed by atoms with E-state index in [0.717, 1.165) is 0 Å². The molecule has 48 heavy (non-hydrogen) atoms. The van der Waals surface area contributed by atoms with Crippen molar-refractivity contribution in [1.82, 2.24) is 0 Å². The van der Waals surface area contributed by atoms with Crippen LogP contribution in [-0.4, -0.2) is 11.1 Å². The van der Waals surface area contributed by atoms with Crippen LogP contribution in [-0.2, 0) is 10.8 Å². The van der Waals surface area contributed by atoms with E-state index in [2.05, 4.69) is 165 Å². The Bertz CT molecular complexity index is 2110. The van der Waals surface area contributed by atoms with Crippen LogP contribution < -0.4 is 14.7 Å². The van der Waals surface area contributed by atoms with Crippen LogP contribution in [0.2, 0.25) is 0 Å². The predicted octanol–water partition coefficient (Wildman–Crippen LogP) is 11.9. The van der Waals surface area contributed by atoms with Gasteiger partial charge in [0.05, 0.1) is 22.6 Å². The normalized spacial score (nSPS) is 26.0. The summed E-state index contributed by atoms with van der Waals surface area (Å²) in [7, 11) is 0. The van der Waals surface area contributed by atoms with Crippen molar-refractivity contribution in [2.24, 2.45) is 0 Å². The van der Waals surface area contributed by atoms with Crippen molar-refractivity contribution in [3.8, 4) is 0 Å². The second-order valence-corrected chi connectivity index (χ2v) is 16.5. The molecule has 240 valence electrons. The fourth-order valence-corrected chi connectivity index (χ4v) is 10.7. The number of hydrogen-bond donors (Lipinski definition) is 0. The summed E-state index contributed by atoms with van der Waals surface area (Å²) >= 11 is 0. The molecule has 0 spiro atoms. The number of para-hydroxylation sites is 4. The Morgan fingerprint density at radius 1 is 0.562 bits per heavy atom. The molecule has 0 amide bonds. The van der Waals surface area contributed by atoms with Crippen LogP contribution in [0.5, 0.6) is 0 Å². The summed E-state index contributed by atoms with van der Waals surface area (Å²) in [5.41, 5.74) is 16.6. The highest BCUT2D eigenvalue weighted by Crippen LogP contribution is 2.71. The smallest absolute Gasteiger partial charge is 0.0518 e. The van der Waals surface area contributed by atoms with Crippen molar-refractivity contribution in [2.75, 3.05) is 14.7 Å². The minimum Gasteiger partial charge on any atom is -0.334 e. The first-order valence-corrected chi connectivity index (χ1v) is 18.0. The number of nitrogens with zero attached hydrogens (tertiary/aromatic N) is 3. The highest BCUT2D eigenvalue weighted by atomic mass is 15.3. The van der Waals surface area contributed by atoms with Crippen LogP contribution in [0, 0.1) is 0 Å². The standard InChI is InChI=1S/C45H45N3/c1-42(2)34-23-15-21-32-38-33-22-16-24-35-41(33)48(45(6)26-14-13-25-44(35,45)5)37-28-31(27-36(39(37)38)47(40(32)34)43(42,3)4)46(29-17-9-7-10-18-29)30-19-11-8-12-20-30/h7-12,15-24,27-28,38H,13-14,25-26H2,1-6H3. The molecule has 0 radical (unpaired) electrons. The van der Waals surface area contributed by atoms with Crippen LogP contribution in [0.1, 0.15) is 101 Å². The lowest BCUT2D eigenvalue weighted by atomic mass is 9.61. The maximum atomic E-state index is 2.85. The molecule has 0 aromatic heterocycles. The Morgan fingerprint density at radius 3 is 1.73 bits per heavy atom. The fraction of sp³-hybridized carbons (Fsp3) is 0.333. The number of anilines is 7. The van der Waals surface area contributed by atoms with Gasteiger partial charge in [-0.1, -0.05) is 106 Å². The average Bonchev–Trinajstić information content (AvgIpc) is 3.40. The van der Waals surface area contributed by atoms with Gasteiger partial charge >= 0.3 is 0 Å². The van der Waals surface area contributed by atoms with Crippen molar-refractivity contribution in [2.45, 2.75) is 95.1 Å². The molecule has 5 aromatic rings. The van der Waals surface area contributed by atoms with E-state index < -0.39 is 0 Å². The van der Waals surface area contributed by atoms with Gasteiger partial charge in [-0.2, -0.15) is 0 Å². The molecule has 1 fully saturated rings. The number of rotatable bonds is 3. The highest BCUT2D eigenvalue weighted by Gasteiger charge is 2.62. The predicted molar refractivity (Wildman–Crippen MR) is 201 cm³/mol. The zero-order valence-corrected chi connectivity index (χ0v) is 29.1. The Labute approximate surface area is 285 Å². The monoisotopic (exact) mass is 627 g/mol. The summed E-state index contributed by atoms with van der Waals surface area (Å²) in [5.74, 6) is 0.195. The largest absolute Gasteiger partial charge is 0.334 e. The maximum absolute atomic E-state index is 2.85. The molecule has 10 rings (SSSR count). The molecular weight excluding hydrogens is 583 g/mol. The van der Waals surface area contributed by atoms with Gasteiger partial charge in [0, 0.05) is 50.6 Å². The van der Waals surface area contributed by atoms with E-state index in [1.807, 2.05) is 0 Å². The first-order chi connectivity index (χ1) is 23.1. The zero-order valence-electron chi connectivity index (χ0n) is 29.1. The summed E-state index contributed by atoms with van der Waals surface area (Å²) in [6.07, 6.45) is 5.00. The molecule has 3 atom stereocenters. The topological polar surface area (TPSA) is 9.72 Å². The number of benzene rings is 5. The molecule has 5 aromatic carbocycles. The number of fused-ring (bicyclic) bond motifs is 7. The van der Waals surface area contributed by atoms with E-state index in [9.17, 15) is 0 Å². The van der Waals surface area contributed by atoms with Gasteiger partial charge in [-0.25, -0.2) is 0 Å². The summed E-state index contributed by atoms with van der Waals surface area (Å²) in [6, 6.07) is 41.4. The van der Waals surface area contributed by atoms with Gasteiger partial charge in [0.25, 0.3) is 0 Å². The Hall–Kier alpha value is -4.50. The first-order valence-electron chi connectivity index (χ1n) is 18.0. The lowest BCUT2D eigenvalue weighted by molar-refractivity contribution is 0.194. The molecule has 0 N–H and O–H groups in total. The zero-order chi connectivity index (χ0) is 32.8. The van der Waals surface area contributed by atoms with Gasteiger partial charge in [0.2, 0.25) is 0 Å². The minimum atomic E-state index is -0.135. The van der Waals surface area contributed by atoms with E-state index >= 15 is 0 Å². The van der Waals surface area contributed by atoms with E-state index in [4.69, 9.17) is 0 Å². The van der Waals surface area contributed by atoms with Crippen LogP contribution >= 0.6 is 0 Å². The van der Waals surface area contributed by atoms with Gasteiger partial charge in [0.15, 0.2) is 0 Å². The fourth-order valence-electron chi connectivity index (χ4n) is 10.7. The number of hydrogen-bond acceptors (Lipinski definition) is 3. The SMILES string of the molecule is CC1(C)c2cccc3c2N(c2cc(N(c4ccccc4)c4ccccc4)cc4c2C3c2cccc3c2N4C2(C)CCCCC32C)C1(C)C. The van der Waals surface area contributed by atoms with E-state index in [-0.39, 0.29) is 27.8 Å². The molecule has 0 bridgehead atoms. The molecule has 4 aliphatic heterocycles. The van der Waals surface area contributed by atoms with Crippen molar-refractivity contribution < 1.29 is 0 Å². The van der Waals surface area contributed by atoms with Crippen molar-refractivity contribution >= 4 is 39.8 Å². The lowest BCUT2D eigenvalue weighted by Gasteiger charge is -2.54. The molecule has 3 unspecified atom stereocenters. The third-order valence-corrected chi connectivity index (χ3v) is 14.0. The van der Waals surface area contributed by atoms with E-state index in [1.165, 1.54) is 87.7 Å². The third kappa shape index (κ3) is 3.17.